The first-order valence-corrected chi connectivity index (χ1v) is 12.7. The van der Waals surface area contributed by atoms with E-state index in [0.717, 1.165) is 42.0 Å². The number of hydrogen-bond donors (Lipinski definition) is 2. The van der Waals surface area contributed by atoms with Crippen LogP contribution in [-0.4, -0.2) is 47.7 Å². The van der Waals surface area contributed by atoms with Crippen LogP contribution in [0.3, 0.4) is 0 Å². The molecule has 1 amide bonds. The number of benzene rings is 1. The molecule has 0 unspecified atom stereocenters. The van der Waals surface area contributed by atoms with E-state index in [9.17, 15) is 23.2 Å². The van der Waals surface area contributed by atoms with E-state index < -0.39 is 17.2 Å². The topological polar surface area (TPSA) is 86.0 Å². The standard InChI is InChI=1S/C28H29F3N6O/c1-36-12-2-3-25(36)23-6-4-21(17-34-23)27(26(38)35-18-22-8-11-33-22)9-13-37(14-10-27)24-7-5-20(28(29,30)31)15-19(24)16-32/h2-7,12,15,17,22,33H,8-11,13-14,18H2,1H3,(H,35,38)/t22-/m0/s1. The highest BCUT2D eigenvalue weighted by Crippen LogP contribution is 2.39. The maximum absolute atomic E-state index is 13.7. The first-order chi connectivity index (χ1) is 18.2. The largest absolute Gasteiger partial charge is 0.416 e. The summed E-state index contributed by atoms with van der Waals surface area (Å²) in [6.45, 7) is 2.31. The van der Waals surface area contributed by atoms with Crippen LogP contribution in [0.4, 0.5) is 18.9 Å². The van der Waals surface area contributed by atoms with E-state index in [1.165, 1.54) is 6.07 Å². The van der Waals surface area contributed by atoms with E-state index in [2.05, 4.69) is 15.6 Å². The van der Waals surface area contributed by atoms with Crippen molar-refractivity contribution in [3.8, 4) is 17.5 Å². The summed E-state index contributed by atoms with van der Waals surface area (Å²) in [5.74, 6) is -0.0767. The van der Waals surface area contributed by atoms with Crippen LogP contribution >= 0.6 is 0 Å². The Morgan fingerprint density at radius 3 is 2.55 bits per heavy atom. The van der Waals surface area contributed by atoms with Crippen LogP contribution in [-0.2, 0) is 23.4 Å². The summed E-state index contributed by atoms with van der Waals surface area (Å²) in [5, 5.41) is 16.0. The van der Waals surface area contributed by atoms with Gasteiger partial charge in [0.2, 0.25) is 5.91 Å². The maximum atomic E-state index is 13.7. The highest BCUT2D eigenvalue weighted by Gasteiger charge is 2.44. The summed E-state index contributed by atoms with van der Waals surface area (Å²) in [4.78, 5) is 20.2. The Kier molecular flexibility index (Phi) is 6.88. The number of alkyl halides is 3. The van der Waals surface area contributed by atoms with Crippen LogP contribution in [0.2, 0.25) is 0 Å². The second-order valence-corrected chi connectivity index (χ2v) is 10.00. The number of nitrogens with one attached hydrogen (secondary N) is 2. The fourth-order valence-corrected chi connectivity index (χ4v) is 5.32. The van der Waals surface area contributed by atoms with E-state index in [-0.39, 0.29) is 17.5 Å². The lowest BCUT2D eigenvalue weighted by Crippen LogP contribution is -2.56. The maximum Gasteiger partial charge on any atom is 0.416 e. The molecule has 2 saturated heterocycles. The molecule has 2 aliphatic rings. The highest BCUT2D eigenvalue weighted by molar-refractivity contribution is 5.89. The summed E-state index contributed by atoms with van der Waals surface area (Å²) in [6, 6.07) is 13.2. The zero-order valence-electron chi connectivity index (χ0n) is 21.1. The fraction of sp³-hybridized carbons (Fsp3) is 0.393. The van der Waals surface area contributed by atoms with Crippen molar-refractivity contribution >= 4 is 11.6 Å². The number of aromatic nitrogens is 2. The lowest BCUT2D eigenvalue weighted by Gasteiger charge is -2.42. The number of carbonyl (C=O) groups excluding carboxylic acids is 1. The van der Waals surface area contributed by atoms with Gasteiger partial charge in [0.05, 0.1) is 33.6 Å². The van der Waals surface area contributed by atoms with Crippen molar-refractivity contribution < 1.29 is 18.0 Å². The number of pyridine rings is 1. The first-order valence-electron chi connectivity index (χ1n) is 12.7. The minimum Gasteiger partial charge on any atom is -0.370 e. The molecular weight excluding hydrogens is 493 g/mol. The molecule has 0 spiro atoms. The van der Waals surface area contributed by atoms with Gasteiger partial charge in [-0.1, -0.05) is 6.07 Å². The van der Waals surface area contributed by atoms with Crippen molar-refractivity contribution in [2.24, 2.45) is 7.05 Å². The van der Waals surface area contributed by atoms with Crippen LogP contribution in [0.1, 0.15) is 36.0 Å². The lowest BCUT2D eigenvalue weighted by molar-refractivity contribution is -0.137. The number of aryl methyl sites for hydroxylation is 1. The molecule has 2 fully saturated rings. The number of nitriles is 1. The van der Waals surface area contributed by atoms with Gasteiger partial charge in [0.25, 0.3) is 0 Å². The SMILES string of the molecule is Cn1cccc1-c1ccc(C2(C(=O)NC[C@@H]3CCN3)CCN(c3ccc(C(F)(F)F)cc3C#N)CC2)cn1. The van der Waals surface area contributed by atoms with Gasteiger partial charge >= 0.3 is 6.18 Å². The lowest BCUT2D eigenvalue weighted by atomic mass is 9.72. The number of amides is 1. The van der Waals surface area contributed by atoms with Crippen molar-refractivity contribution in [3.63, 3.8) is 0 Å². The zero-order valence-corrected chi connectivity index (χ0v) is 21.1. The molecule has 38 heavy (non-hydrogen) atoms. The molecule has 7 nitrogen and oxygen atoms in total. The van der Waals surface area contributed by atoms with E-state index in [1.54, 1.807) is 6.20 Å². The van der Waals surface area contributed by atoms with Gasteiger partial charge in [-0.25, -0.2) is 0 Å². The average molecular weight is 523 g/mol. The molecule has 2 N–H and O–H groups in total. The number of hydrogen-bond acceptors (Lipinski definition) is 5. The Balaban J connectivity index is 1.41. The molecule has 3 aromatic rings. The Morgan fingerprint density at radius 1 is 1.24 bits per heavy atom. The number of carbonyl (C=O) groups is 1. The highest BCUT2D eigenvalue weighted by atomic mass is 19.4. The number of rotatable bonds is 6. The Hall–Kier alpha value is -3.84. The third-order valence-electron chi connectivity index (χ3n) is 7.79. The molecule has 2 aliphatic heterocycles. The quantitative estimate of drug-likeness (QED) is 0.511. The molecule has 0 bridgehead atoms. The average Bonchev–Trinajstić information content (AvgIpc) is 3.32. The van der Waals surface area contributed by atoms with Crippen LogP contribution in [0.5, 0.6) is 0 Å². The van der Waals surface area contributed by atoms with E-state index in [1.807, 2.05) is 53.0 Å². The smallest absolute Gasteiger partial charge is 0.370 e. The van der Waals surface area contributed by atoms with Crippen LogP contribution in [0.15, 0.2) is 54.9 Å². The first kappa shape index (κ1) is 25.8. The molecule has 10 heteroatoms. The van der Waals surface area contributed by atoms with Gasteiger partial charge in [-0.3, -0.25) is 9.78 Å². The van der Waals surface area contributed by atoms with Gasteiger partial charge in [0.15, 0.2) is 0 Å². The summed E-state index contributed by atoms with van der Waals surface area (Å²) in [5.41, 5.74) is 1.31. The van der Waals surface area contributed by atoms with Gasteiger partial charge < -0.3 is 20.1 Å². The molecule has 0 aliphatic carbocycles. The third kappa shape index (κ3) is 4.86. The van der Waals surface area contributed by atoms with Gasteiger partial charge in [-0.2, -0.15) is 18.4 Å². The summed E-state index contributed by atoms with van der Waals surface area (Å²) < 4.78 is 41.5. The monoisotopic (exact) mass is 522 g/mol. The molecule has 2 aromatic heterocycles. The number of halogens is 3. The van der Waals surface area contributed by atoms with Gasteiger partial charge in [-0.15, -0.1) is 0 Å². The molecular formula is C28H29F3N6O. The Morgan fingerprint density at radius 2 is 2.00 bits per heavy atom. The second-order valence-electron chi connectivity index (χ2n) is 10.00. The molecule has 1 aromatic carbocycles. The number of piperidine rings is 1. The summed E-state index contributed by atoms with van der Waals surface area (Å²) in [7, 11) is 1.95. The third-order valence-corrected chi connectivity index (χ3v) is 7.79. The van der Waals surface area contributed by atoms with Crippen molar-refractivity contribution in [1.82, 2.24) is 20.2 Å². The summed E-state index contributed by atoms with van der Waals surface area (Å²) >= 11 is 0. The van der Waals surface area contributed by atoms with Crippen LogP contribution in [0.25, 0.3) is 11.4 Å². The molecule has 4 heterocycles. The van der Waals surface area contributed by atoms with Crippen molar-refractivity contribution in [2.75, 3.05) is 31.1 Å². The van der Waals surface area contributed by atoms with Crippen LogP contribution < -0.4 is 15.5 Å². The molecule has 0 saturated carbocycles. The minimum absolute atomic E-state index is 0.0265. The fourth-order valence-electron chi connectivity index (χ4n) is 5.32. The summed E-state index contributed by atoms with van der Waals surface area (Å²) in [6.07, 6.45) is 1.08. The predicted molar refractivity (Wildman–Crippen MR) is 137 cm³/mol. The van der Waals surface area contributed by atoms with Crippen molar-refractivity contribution in [1.29, 1.82) is 5.26 Å². The second kappa shape index (κ2) is 10.1. The normalized spacial score (nSPS) is 18.9. The molecule has 198 valence electrons. The Labute approximate surface area is 219 Å². The Bertz CT molecular complexity index is 1350. The van der Waals surface area contributed by atoms with Crippen LogP contribution in [0, 0.1) is 11.3 Å². The van der Waals surface area contributed by atoms with E-state index in [4.69, 9.17) is 0 Å². The minimum atomic E-state index is -4.52. The van der Waals surface area contributed by atoms with Gasteiger partial charge in [-0.05, 0) is 67.8 Å². The van der Waals surface area contributed by atoms with Gasteiger partial charge in [0, 0.05) is 45.1 Å². The van der Waals surface area contributed by atoms with E-state index >= 15 is 0 Å². The van der Waals surface area contributed by atoms with Crippen molar-refractivity contribution in [3.05, 3.63) is 71.5 Å². The van der Waals surface area contributed by atoms with Gasteiger partial charge in [0.1, 0.15) is 6.07 Å². The predicted octanol–water partition coefficient (Wildman–Crippen LogP) is 3.99. The zero-order chi connectivity index (χ0) is 26.9. The molecule has 5 rings (SSSR count). The van der Waals surface area contributed by atoms with E-state index in [0.29, 0.717) is 38.2 Å². The molecule has 1 atom stereocenters. The molecule has 0 radical (unpaired) electrons. The number of nitrogens with zero attached hydrogens (tertiary/aromatic N) is 4. The van der Waals surface area contributed by atoms with Crippen molar-refractivity contribution in [2.45, 2.75) is 36.9 Å². The number of anilines is 1.